The SMILES string of the molecule is COC(=O)c1[nH]c(C(=O)OC)c(-c2ccc(C(F)(F)F)cc2)c1-c1ccc(C(F)(F)F)cc1. The Balaban J connectivity index is 2.31. The lowest BCUT2D eigenvalue weighted by Crippen LogP contribution is -2.06. The standard InChI is InChI=1S/C22H15F6NO4/c1-32-19(30)17-15(11-3-7-13(8-4-11)21(23,24)25)16(18(29-17)20(31)33-2)12-5-9-14(10-6-12)22(26,27)28/h3-10,29H,1-2H3. The Hall–Kier alpha value is -3.76. The summed E-state index contributed by atoms with van der Waals surface area (Å²) >= 11 is 0. The Labute approximate surface area is 182 Å². The average Bonchev–Trinajstić information content (AvgIpc) is 3.17. The van der Waals surface area contributed by atoms with Gasteiger partial charge in [0, 0.05) is 11.1 Å². The van der Waals surface area contributed by atoms with Gasteiger partial charge in [0.15, 0.2) is 0 Å². The first kappa shape index (κ1) is 23.9. The van der Waals surface area contributed by atoms with Crippen molar-refractivity contribution in [3.8, 4) is 22.3 Å². The van der Waals surface area contributed by atoms with E-state index in [1.807, 2.05) is 0 Å². The molecule has 0 radical (unpaired) electrons. The van der Waals surface area contributed by atoms with E-state index < -0.39 is 35.4 Å². The third-order valence-electron chi connectivity index (χ3n) is 4.78. The lowest BCUT2D eigenvalue weighted by atomic mass is 9.93. The summed E-state index contributed by atoms with van der Waals surface area (Å²) in [5.41, 5.74) is -2.36. The second-order valence-electron chi connectivity index (χ2n) is 6.76. The number of hydrogen-bond acceptors (Lipinski definition) is 4. The van der Waals surface area contributed by atoms with Gasteiger partial charge in [-0.3, -0.25) is 0 Å². The number of methoxy groups -OCH3 is 2. The van der Waals surface area contributed by atoms with Crippen molar-refractivity contribution in [1.29, 1.82) is 0 Å². The van der Waals surface area contributed by atoms with Gasteiger partial charge < -0.3 is 14.5 Å². The lowest BCUT2D eigenvalue weighted by molar-refractivity contribution is -0.138. The fourth-order valence-electron chi connectivity index (χ4n) is 3.24. The number of aromatic amines is 1. The predicted octanol–water partition coefficient (Wildman–Crippen LogP) is 5.96. The number of benzene rings is 2. The Morgan fingerprint density at radius 2 is 0.939 bits per heavy atom. The fourth-order valence-corrected chi connectivity index (χ4v) is 3.24. The highest BCUT2D eigenvalue weighted by atomic mass is 19.4. The Bertz CT molecular complexity index is 1080. The van der Waals surface area contributed by atoms with Crippen LogP contribution in [0, 0.1) is 0 Å². The van der Waals surface area contributed by atoms with Crippen LogP contribution in [0.15, 0.2) is 48.5 Å². The van der Waals surface area contributed by atoms with E-state index >= 15 is 0 Å². The Kier molecular flexibility index (Phi) is 6.26. The van der Waals surface area contributed by atoms with E-state index in [1.165, 1.54) is 0 Å². The number of aromatic nitrogens is 1. The molecule has 0 aliphatic rings. The molecular formula is C22H15F6NO4. The highest BCUT2D eigenvalue weighted by Crippen LogP contribution is 2.41. The molecule has 1 N–H and O–H groups in total. The fraction of sp³-hybridized carbons (Fsp3) is 0.182. The van der Waals surface area contributed by atoms with Crippen molar-refractivity contribution in [3.63, 3.8) is 0 Å². The Morgan fingerprint density at radius 1 is 0.636 bits per heavy atom. The summed E-state index contributed by atoms with van der Waals surface area (Å²) in [5.74, 6) is -1.90. The van der Waals surface area contributed by atoms with Crippen LogP contribution in [0.5, 0.6) is 0 Å². The van der Waals surface area contributed by atoms with Gasteiger partial charge in [0.2, 0.25) is 0 Å². The molecule has 0 spiro atoms. The monoisotopic (exact) mass is 471 g/mol. The van der Waals surface area contributed by atoms with Gasteiger partial charge in [0.1, 0.15) is 11.4 Å². The van der Waals surface area contributed by atoms with Gasteiger partial charge in [-0.2, -0.15) is 26.3 Å². The highest BCUT2D eigenvalue weighted by molar-refractivity contribution is 6.08. The summed E-state index contributed by atoms with van der Waals surface area (Å²) in [6.45, 7) is 0. The van der Waals surface area contributed by atoms with Crippen molar-refractivity contribution in [3.05, 3.63) is 71.0 Å². The number of ether oxygens (including phenoxy) is 2. The zero-order valence-corrected chi connectivity index (χ0v) is 17.0. The predicted molar refractivity (Wildman–Crippen MR) is 104 cm³/mol. The molecule has 0 amide bonds. The molecule has 3 rings (SSSR count). The van der Waals surface area contributed by atoms with E-state index in [0.29, 0.717) is 0 Å². The minimum atomic E-state index is -4.62. The summed E-state index contributed by atoms with van der Waals surface area (Å²) < 4.78 is 87.3. The van der Waals surface area contributed by atoms with Gasteiger partial charge in [0.25, 0.3) is 0 Å². The Morgan fingerprint density at radius 3 is 1.18 bits per heavy atom. The quantitative estimate of drug-likeness (QED) is 0.377. The lowest BCUT2D eigenvalue weighted by Gasteiger charge is -2.12. The molecule has 0 unspecified atom stereocenters. The molecule has 3 aromatic rings. The van der Waals surface area contributed by atoms with Gasteiger partial charge in [0.05, 0.1) is 25.3 Å². The van der Waals surface area contributed by atoms with Crippen LogP contribution in [-0.4, -0.2) is 31.1 Å². The number of hydrogen-bond donors (Lipinski definition) is 1. The first-order chi connectivity index (χ1) is 15.4. The summed E-state index contributed by atoms with van der Waals surface area (Å²) in [4.78, 5) is 27.3. The average molecular weight is 471 g/mol. The van der Waals surface area contributed by atoms with Crippen molar-refractivity contribution in [2.45, 2.75) is 12.4 Å². The molecule has 2 aromatic carbocycles. The molecule has 0 fully saturated rings. The summed E-state index contributed by atoms with van der Waals surface area (Å²) in [5, 5.41) is 0. The summed E-state index contributed by atoms with van der Waals surface area (Å²) in [6, 6.07) is 7.41. The number of alkyl halides is 6. The van der Waals surface area contributed by atoms with Crippen molar-refractivity contribution < 1.29 is 45.4 Å². The molecule has 5 nitrogen and oxygen atoms in total. The topological polar surface area (TPSA) is 68.4 Å². The molecule has 1 heterocycles. The number of carbonyl (C=O) groups excluding carboxylic acids is 2. The third kappa shape index (κ3) is 4.71. The van der Waals surface area contributed by atoms with Crippen molar-refractivity contribution in [2.75, 3.05) is 14.2 Å². The normalized spacial score (nSPS) is 11.9. The van der Waals surface area contributed by atoms with Gasteiger partial charge in [-0.15, -0.1) is 0 Å². The third-order valence-corrected chi connectivity index (χ3v) is 4.78. The van der Waals surface area contributed by atoms with E-state index in [2.05, 4.69) is 4.98 Å². The van der Waals surface area contributed by atoms with Crippen LogP contribution in [0.25, 0.3) is 22.3 Å². The zero-order valence-electron chi connectivity index (χ0n) is 17.0. The van der Waals surface area contributed by atoms with Gasteiger partial charge in [-0.05, 0) is 35.4 Å². The number of rotatable bonds is 4. The van der Waals surface area contributed by atoms with Crippen LogP contribution in [0.3, 0.4) is 0 Å². The number of nitrogens with one attached hydrogen (secondary N) is 1. The van der Waals surface area contributed by atoms with E-state index in [1.54, 1.807) is 0 Å². The largest absolute Gasteiger partial charge is 0.464 e. The number of halogens is 6. The van der Waals surface area contributed by atoms with E-state index in [9.17, 15) is 35.9 Å². The molecule has 0 saturated heterocycles. The zero-order chi connectivity index (χ0) is 24.6. The minimum absolute atomic E-state index is 0.0317. The number of H-pyrrole nitrogens is 1. The second-order valence-corrected chi connectivity index (χ2v) is 6.76. The van der Waals surface area contributed by atoms with Crippen molar-refractivity contribution in [1.82, 2.24) is 4.98 Å². The van der Waals surface area contributed by atoms with Crippen LogP contribution in [0.4, 0.5) is 26.3 Å². The molecule has 0 aliphatic heterocycles. The van der Waals surface area contributed by atoms with E-state index in [4.69, 9.17) is 9.47 Å². The van der Waals surface area contributed by atoms with Crippen LogP contribution in [0.1, 0.15) is 32.1 Å². The molecule has 0 aliphatic carbocycles. The first-order valence-electron chi connectivity index (χ1n) is 9.16. The van der Waals surface area contributed by atoms with Gasteiger partial charge in [-0.1, -0.05) is 24.3 Å². The first-order valence-corrected chi connectivity index (χ1v) is 9.16. The van der Waals surface area contributed by atoms with Crippen LogP contribution in [-0.2, 0) is 21.8 Å². The highest BCUT2D eigenvalue weighted by Gasteiger charge is 2.33. The minimum Gasteiger partial charge on any atom is -0.464 e. The molecule has 0 saturated carbocycles. The molecule has 11 heteroatoms. The molecular weight excluding hydrogens is 456 g/mol. The van der Waals surface area contributed by atoms with E-state index in [-0.39, 0.29) is 33.6 Å². The van der Waals surface area contributed by atoms with Crippen molar-refractivity contribution >= 4 is 11.9 Å². The van der Waals surface area contributed by atoms with Crippen LogP contribution >= 0.6 is 0 Å². The van der Waals surface area contributed by atoms with Crippen molar-refractivity contribution in [2.24, 2.45) is 0 Å². The summed E-state index contributed by atoms with van der Waals surface area (Å²) in [6.07, 6.45) is -9.23. The smallest absolute Gasteiger partial charge is 0.416 e. The van der Waals surface area contributed by atoms with E-state index in [0.717, 1.165) is 62.8 Å². The maximum absolute atomic E-state index is 13.0. The molecule has 1 aromatic heterocycles. The number of esters is 2. The van der Waals surface area contributed by atoms with Gasteiger partial charge >= 0.3 is 24.3 Å². The molecule has 174 valence electrons. The molecule has 0 bridgehead atoms. The summed E-state index contributed by atoms with van der Waals surface area (Å²) in [7, 11) is 2.10. The number of carbonyl (C=O) groups is 2. The van der Waals surface area contributed by atoms with Crippen LogP contribution in [0.2, 0.25) is 0 Å². The van der Waals surface area contributed by atoms with Crippen LogP contribution < -0.4 is 0 Å². The maximum Gasteiger partial charge on any atom is 0.416 e. The second kappa shape index (κ2) is 8.64. The molecule has 33 heavy (non-hydrogen) atoms. The molecule has 0 atom stereocenters. The maximum atomic E-state index is 13.0. The van der Waals surface area contributed by atoms with Gasteiger partial charge in [-0.25, -0.2) is 9.59 Å².